The van der Waals surface area contributed by atoms with E-state index in [0.29, 0.717) is 5.75 Å². The molecule has 2 rings (SSSR count). The summed E-state index contributed by atoms with van der Waals surface area (Å²) in [6, 6.07) is 15.5. The first-order valence-corrected chi connectivity index (χ1v) is 7.57. The number of sulfonamides is 1. The van der Waals surface area contributed by atoms with Gasteiger partial charge in [0.2, 0.25) is 0 Å². The van der Waals surface area contributed by atoms with E-state index in [9.17, 15) is 12.9 Å². The Labute approximate surface area is 120 Å². The summed E-state index contributed by atoms with van der Waals surface area (Å²) in [6.07, 6.45) is 0. The molecule has 0 aliphatic heterocycles. The van der Waals surface area contributed by atoms with Crippen LogP contribution in [0.15, 0.2) is 65.6 Å². The smallest absolute Gasteiger partial charge is 0.281 e. The van der Waals surface area contributed by atoms with Gasteiger partial charge in [-0.25, -0.2) is 8.42 Å². The lowest BCUT2D eigenvalue weighted by atomic mass is 10.3. The molecule has 106 valence electrons. The molecule has 0 aromatic heterocycles. The molecule has 0 unspecified atom stereocenters. The number of halogens is 1. The van der Waals surface area contributed by atoms with Gasteiger partial charge in [0.05, 0.1) is 8.83 Å². The molecule has 5 nitrogen and oxygen atoms in total. The van der Waals surface area contributed by atoms with Gasteiger partial charge < -0.3 is 4.89 Å². The molecule has 0 atom stereocenters. The van der Waals surface area contributed by atoms with Crippen molar-refractivity contribution in [3.8, 4) is 5.75 Å². The van der Waals surface area contributed by atoms with Crippen molar-refractivity contribution in [2.45, 2.75) is 4.90 Å². The molecule has 0 spiro atoms. The molecule has 8 heteroatoms. The van der Waals surface area contributed by atoms with Crippen molar-refractivity contribution in [1.29, 1.82) is 0 Å². The van der Waals surface area contributed by atoms with Crippen LogP contribution in [0.25, 0.3) is 0 Å². The third kappa shape index (κ3) is 3.70. The molecule has 0 saturated carbocycles. The Morgan fingerprint density at radius 1 is 0.950 bits per heavy atom. The summed E-state index contributed by atoms with van der Waals surface area (Å²) in [5, 5.41) is 0. The van der Waals surface area contributed by atoms with E-state index in [2.05, 4.69) is 4.33 Å². The fourth-order valence-corrected chi connectivity index (χ4v) is 2.75. The van der Waals surface area contributed by atoms with Gasteiger partial charge in [-0.2, -0.15) is 0 Å². The average Bonchev–Trinajstić information content (AvgIpc) is 2.49. The van der Waals surface area contributed by atoms with Gasteiger partial charge in [0.15, 0.2) is 18.0 Å². The first-order valence-electron chi connectivity index (χ1n) is 5.43. The summed E-state index contributed by atoms with van der Waals surface area (Å²) in [5.74, 6) is 0.325. The van der Waals surface area contributed by atoms with Gasteiger partial charge >= 0.3 is 0 Å². The highest BCUT2D eigenvalue weighted by Gasteiger charge is 2.26. The van der Waals surface area contributed by atoms with E-state index in [0.717, 1.165) is 0 Å². The fourth-order valence-electron chi connectivity index (χ4n) is 1.27. The quantitative estimate of drug-likeness (QED) is 0.269. The third-order valence-electron chi connectivity index (χ3n) is 2.19. The van der Waals surface area contributed by atoms with Crippen molar-refractivity contribution in [2.24, 2.45) is 0 Å². The number of hydrogen-bond acceptors (Lipinski definition) is 5. The molecular weight excluding hydrogens is 305 g/mol. The van der Waals surface area contributed by atoms with Crippen molar-refractivity contribution in [3.63, 3.8) is 0 Å². The van der Waals surface area contributed by atoms with E-state index < -0.39 is 14.0 Å². The molecule has 2 aromatic rings. The monoisotopic (exact) mass is 315 g/mol. The largest absolute Gasteiger partial charge is 0.324 e. The van der Waals surface area contributed by atoms with Crippen LogP contribution in [0, 0.1) is 0 Å². The standard InChI is InChI=1S/C12H10FNO4S2/c13-14(19-18-17-11-7-3-1-4-8-11)20(15,16)12-9-5-2-6-10-12/h1-10H. The van der Waals surface area contributed by atoms with Crippen LogP contribution in [-0.2, 0) is 14.4 Å². The van der Waals surface area contributed by atoms with Crippen LogP contribution in [0.5, 0.6) is 5.75 Å². The van der Waals surface area contributed by atoms with Crippen molar-refractivity contribution < 1.29 is 22.1 Å². The highest BCUT2D eigenvalue weighted by atomic mass is 32.3. The van der Waals surface area contributed by atoms with Gasteiger partial charge in [0, 0.05) is 0 Å². The van der Waals surface area contributed by atoms with Crippen molar-refractivity contribution in [2.75, 3.05) is 0 Å². The second-order valence-electron chi connectivity index (χ2n) is 3.54. The Morgan fingerprint density at radius 2 is 1.50 bits per heavy atom. The summed E-state index contributed by atoms with van der Waals surface area (Å²) in [4.78, 5) is 4.54. The zero-order valence-corrected chi connectivity index (χ0v) is 11.7. The van der Waals surface area contributed by atoms with Gasteiger partial charge in [-0.3, -0.25) is 0 Å². The third-order valence-corrected chi connectivity index (χ3v) is 4.46. The molecule has 0 bridgehead atoms. The number of hydrogen-bond donors (Lipinski definition) is 0. The van der Waals surface area contributed by atoms with E-state index in [1.165, 1.54) is 24.3 Å². The van der Waals surface area contributed by atoms with E-state index in [1.807, 2.05) is 0 Å². The minimum Gasteiger partial charge on any atom is -0.324 e. The van der Waals surface area contributed by atoms with Crippen LogP contribution in [0.2, 0.25) is 0 Å². The topological polar surface area (TPSA) is 55.8 Å². The average molecular weight is 315 g/mol. The lowest BCUT2D eigenvalue weighted by molar-refractivity contribution is -0.0841. The summed E-state index contributed by atoms with van der Waals surface area (Å²) in [6.45, 7) is 0. The number of benzene rings is 2. The van der Waals surface area contributed by atoms with Crippen LogP contribution < -0.4 is 4.89 Å². The summed E-state index contributed by atoms with van der Waals surface area (Å²) in [7, 11) is -4.27. The Kier molecular flexibility index (Phi) is 4.96. The highest BCUT2D eigenvalue weighted by Crippen LogP contribution is 2.25. The Balaban J connectivity index is 1.93. The minimum absolute atomic E-state index is 0.0705. The van der Waals surface area contributed by atoms with Crippen LogP contribution in [0.1, 0.15) is 0 Å². The Hall–Kier alpha value is -1.61. The van der Waals surface area contributed by atoms with Gasteiger partial charge in [-0.1, -0.05) is 40.7 Å². The Bertz CT molecular complexity index is 637. The van der Waals surface area contributed by atoms with Gasteiger partial charge in [-0.05, 0) is 24.3 Å². The molecule has 0 saturated heterocycles. The number of para-hydroxylation sites is 1. The maximum Gasteiger partial charge on any atom is 0.281 e. The zero-order chi connectivity index (χ0) is 14.4. The molecular formula is C12H10FNO4S2. The first kappa shape index (κ1) is 14.8. The van der Waals surface area contributed by atoms with Crippen LogP contribution in [0.4, 0.5) is 4.48 Å². The fraction of sp³-hybridized carbons (Fsp3) is 0. The molecule has 20 heavy (non-hydrogen) atoms. The molecule has 0 fully saturated rings. The molecule has 0 heterocycles. The number of nitrogens with zero attached hydrogens (tertiary/aromatic N) is 1. The first-order chi connectivity index (χ1) is 9.60. The van der Waals surface area contributed by atoms with Crippen molar-refractivity contribution in [1.82, 2.24) is 3.93 Å². The highest BCUT2D eigenvalue weighted by molar-refractivity contribution is 8.05. The summed E-state index contributed by atoms with van der Waals surface area (Å²) < 4.78 is 41.1. The normalized spacial score (nSPS) is 11.5. The van der Waals surface area contributed by atoms with E-state index in [1.54, 1.807) is 36.4 Å². The molecule has 0 aliphatic carbocycles. The Morgan fingerprint density at radius 3 is 2.10 bits per heavy atom. The predicted octanol–water partition coefficient (Wildman–Crippen LogP) is 3.14. The minimum atomic E-state index is -4.27. The molecule has 0 amide bonds. The second kappa shape index (κ2) is 6.71. The molecule has 0 N–H and O–H groups in total. The summed E-state index contributed by atoms with van der Waals surface area (Å²) in [5.41, 5.74) is 0. The predicted molar refractivity (Wildman–Crippen MR) is 72.3 cm³/mol. The molecule has 0 aliphatic rings. The maximum absolute atomic E-state index is 13.6. The second-order valence-corrected chi connectivity index (χ2v) is 6.12. The van der Waals surface area contributed by atoms with Crippen LogP contribution in [0.3, 0.4) is 0 Å². The number of rotatable bonds is 6. The van der Waals surface area contributed by atoms with Crippen LogP contribution >= 0.6 is 12.2 Å². The van der Waals surface area contributed by atoms with E-state index in [-0.39, 0.29) is 17.1 Å². The van der Waals surface area contributed by atoms with Crippen LogP contribution in [-0.4, -0.2) is 12.4 Å². The van der Waals surface area contributed by atoms with E-state index >= 15 is 0 Å². The molecule has 0 radical (unpaired) electrons. The van der Waals surface area contributed by atoms with Gasteiger partial charge in [-0.15, -0.1) is 4.48 Å². The van der Waals surface area contributed by atoms with Gasteiger partial charge in [0.25, 0.3) is 10.0 Å². The lowest BCUT2D eigenvalue weighted by Crippen LogP contribution is -2.17. The maximum atomic E-state index is 13.6. The molecule has 2 aromatic carbocycles. The van der Waals surface area contributed by atoms with Crippen molar-refractivity contribution >= 4 is 22.3 Å². The lowest BCUT2D eigenvalue weighted by Gasteiger charge is -2.10. The zero-order valence-electron chi connectivity index (χ0n) is 10.0. The van der Waals surface area contributed by atoms with Crippen molar-refractivity contribution in [3.05, 3.63) is 60.7 Å². The SMILES string of the molecule is O=S(=O)(c1ccccc1)N(F)SOOc1ccccc1. The van der Waals surface area contributed by atoms with E-state index in [4.69, 9.17) is 4.89 Å². The van der Waals surface area contributed by atoms with Gasteiger partial charge in [0.1, 0.15) is 0 Å². The summed E-state index contributed by atoms with van der Waals surface area (Å²) >= 11 is -0.0705.